The molecule has 3 heterocycles. The van der Waals surface area contributed by atoms with Crippen molar-refractivity contribution in [3.05, 3.63) is 11.6 Å². The summed E-state index contributed by atoms with van der Waals surface area (Å²) in [6.07, 6.45) is -14.7. The molecule has 0 radical (unpaired) electrons. The van der Waals surface area contributed by atoms with Gasteiger partial charge in [0.15, 0.2) is 12.6 Å². The van der Waals surface area contributed by atoms with E-state index >= 15 is 0 Å². The molecule has 8 rings (SSSR count). The van der Waals surface area contributed by atoms with E-state index < -0.39 is 139 Å². The first-order valence-corrected chi connectivity index (χ1v) is 23.9. The van der Waals surface area contributed by atoms with Crippen molar-refractivity contribution in [1.29, 1.82) is 0 Å². The van der Waals surface area contributed by atoms with E-state index in [4.69, 9.17) is 28.4 Å². The number of esters is 1. The van der Waals surface area contributed by atoms with Crippen LogP contribution in [0.2, 0.25) is 0 Å². The lowest BCUT2D eigenvalue weighted by atomic mass is 9.33. The molecule has 3 saturated heterocycles. The molecule has 0 aromatic heterocycles. The fourth-order valence-corrected chi connectivity index (χ4v) is 14.6. The number of carboxylic acid groups (broad SMARTS) is 1. The van der Waals surface area contributed by atoms with Gasteiger partial charge in [0.1, 0.15) is 67.1 Å². The van der Waals surface area contributed by atoms with Gasteiger partial charge in [0, 0.05) is 0 Å². The summed E-state index contributed by atoms with van der Waals surface area (Å²) in [5.74, 6) is -2.13. The van der Waals surface area contributed by atoms with E-state index in [0.717, 1.165) is 0 Å². The maximum Gasteiger partial charge on any atom is 0.315 e. The van der Waals surface area contributed by atoms with Crippen LogP contribution in [0.1, 0.15) is 106 Å². The third kappa shape index (κ3) is 7.73. The molecule has 0 amide bonds. The first-order chi connectivity index (χ1) is 30.8. The molecule has 23 atom stereocenters. The van der Waals surface area contributed by atoms with Gasteiger partial charge < -0.3 is 84.6 Å². The van der Waals surface area contributed by atoms with Crippen molar-refractivity contribution in [1.82, 2.24) is 0 Å². The number of ether oxygens (including phenoxy) is 6. The van der Waals surface area contributed by atoms with Gasteiger partial charge in [0.05, 0.1) is 36.8 Å². The molecule has 0 aromatic carbocycles. The molecular weight excluding hydrogens is 868 g/mol. The summed E-state index contributed by atoms with van der Waals surface area (Å²) in [4.78, 5) is 28.5. The van der Waals surface area contributed by atoms with Gasteiger partial charge in [-0.05, 0) is 111 Å². The zero-order valence-electron chi connectivity index (χ0n) is 38.8. The fourth-order valence-electron chi connectivity index (χ4n) is 14.6. The molecule has 11 N–H and O–H groups in total. The minimum absolute atomic E-state index is 0.0579. The third-order valence-corrected chi connectivity index (χ3v) is 19.0. The molecule has 8 aliphatic rings. The molecule has 0 bridgehead atoms. The largest absolute Gasteiger partial charge is 0.481 e. The van der Waals surface area contributed by atoms with E-state index in [1.54, 1.807) is 6.92 Å². The highest BCUT2D eigenvalue weighted by Crippen LogP contribution is 2.76. The van der Waals surface area contributed by atoms with Crippen molar-refractivity contribution in [3.8, 4) is 0 Å². The van der Waals surface area contributed by atoms with Crippen LogP contribution >= 0.6 is 0 Å². The quantitative estimate of drug-likeness (QED) is 0.0813. The minimum atomic E-state index is -1.84. The second-order valence-electron chi connectivity index (χ2n) is 22.8. The SMILES string of the molecule is CC1(C)CC[C@]2(C(=O)O[C@@H]3O[C@H](CO[C@@H]4O[C@H](CO)[C@@H](O)[C@H](O)[C@H]4O)[C@@H](O)[C@H](O)[C@H]3O)CC[C@]3(C)C(=CC[C@@H]4[C@@]5(C)CC[C@H](O[C@@H]6OC[C@H](O)[C@H](O)[C@H]6O)[C@@](C)(C(=O)O)[C@@H]5CC[C@]43C)[C@@H]2C1. The molecule has 376 valence electrons. The molecule has 19 heteroatoms. The van der Waals surface area contributed by atoms with E-state index in [2.05, 4.69) is 40.7 Å². The highest BCUT2D eigenvalue weighted by atomic mass is 16.7. The van der Waals surface area contributed by atoms with E-state index in [-0.39, 0.29) is 35.2 Å². The van der Waals surface area contributed by atoms with Crippen LogP contribution in [-0.2, 0) is 38.0 Å². The normalized spacial score (nSPS) is 53.5. The average molecular weight is 943 g/mol. The van der Waals surface area contributed by atoms with Crippen LogP contribution in [0.15, 0.2) is 11.6 Å². The molecule has 0 aromatic rings. The van der Waals surface area contributed by atoms with Crippen molar-refractivity contribution in [2.75, 3.05) is 19.8 Å². The lowest BCUT2D eigenvalue weighted by Gasteiger charge is -2.71. The number of fused-ring (bicyclic) bond motifs is 7. The Morgan fingerprint density at radius 3 is 1.98 bits per heavy atom. The summed E-state index contributed by atoms with van der Waals surface area (Å²) in [7, 11) is 0. The summed E-state index contributed by atoms with van der Waals surface area (Å²) >= 11 is 0. The summed E-state index contributed by atoms with van der Waals surface area (Å²) in [5.41, 5.74) is -2.53. The van der Waals surface area contributed by atoms with Gasteiger partial charge in [-0.15, -0.1) is 0 Å². The number of hydrogen-bond donors (Lipinski definition) is 11. The van der Waals surface area contributed by atoms with Gasteiger partial charge in [0.2, 0.25) is 6.29 Å². The second kappa shape index (κ2) is 17.7. The van der Waals surface area contributed by atoms with E-state index in [9.17, 15) is 65.8 Å². The molecule has 66 heavy (non-hydrogen) atoms. The van der Waals surface area contributed by atoms with Crippen LogP contribution in [0.25, 0.3) is 0 Å². The van der Waals surface area contributed by atoms with Crippen molar-refractivity contribution in [2.45, 2.75) is 198 Å². The molecule has 0 spiro atoms. The number of aliphatic carboxylic acids is 1. The van der Waals surface area contributed by atoms with Crippen molar-refractivity contribution in [3.63, 3.8) is 0 Å². The zero-order chi connectivity index (χ0) is 48.3. The second-order valence-corrected chi connectivity index (χ2v) is 22.8. The Balaban J connectivity index is 1.03. The third-order valence-electron chi connectivity index (χ3n) is 19.0. The number of aliphatic hydroxyl groups is 10. The number of carbonyl (C=O) groups is 2. The van der Waals surface area contributed by atoms with Gasteiger partial charge >= 0.3 is 11.9 Å². The topological polar surface area (TPSA) is 312 Å². The maximum absolute atomic E-state index is 14.9. The number of aliphatic hydroxyl groups excluding tert-OH is 10. The Labute approximate surface area is 385 Å². The van der Waals surface area contributed by atoms with Crippen LogP contribution < -0.4 is 0 Å². The number of carboxylic acids is 1. The van der Waals surface area contributed by atoms with Gasteiger partial charge in [-0.2, -0.15) is 0 Å². The standard InChI is InChI=1S/C47H74O19/c1-42(2)13-15-47(41(60)66-39-36(57)33(54)31(52)25(64-39)20-62-37-35(56)32(53)30(51)24(18-48)63-37)16-14-44(4)21(22(47)17-42)7-8-26-43(3)11-10-28(65-38-34(55)29(50)23(49)19-61-38)46(6,40(58)59)27(43)9-12-45(26,44)5/h7,22-39,48-57H,8-20H2,1-6H3,(H,58,59)/t22-,23-,24+,25+,26+,27+,28-,29-,30+,31+,32-,33-,34+,35+,36+,37+,38-,39-,43+,44+,45+,46-,47-/m0/s1. The number of rotatable bonds is 9. The molecule has 7 fully saturated rings. The lowest BCUT2D eigenvalue weighted by molar-refractivity contribution is -0.328. The highest BCUT2D eigenvalue weighted by molar-refractivity contribution is 5.79. The fraction of sp³-hybridized carbons (Fsp3) is 0.915. The maximum atomic E-state index is 14.9. The summed E-state index contributed by atoms with van der Waals surface area (Å²) in [6.45, 7) is 11.4. The van der Waals surface area contributed by atoms with Crippen LogP contribution in [0.5, 0.6) is 0 Å². The predicted molar refractivity (Wildman–Crippen MR) is 226 cm³/mol. The van der Waals surface area contributed by atoms with Gasteiger partial charge in [-0.25, -0.2) is 0 Å². The van der Waals surface area contributed by atoms with Crippen molar-refractivity contribution < 1.29 is 94.2 Å². The Morgan fingerprint density at radius 2 is 1.32 bits per heavy atom. The lowest BCUT2D eigenvalue weighted by Crippen LogP contribution is -2.67. The first kappa shape index (κ1) is 50.5. The molecule has 19 nitrogen and oxygen atoms in total. The monoisotopic (exact) mass is 942 g/mol. The van der Waals surface area contributed by atoms with E-state index in [0.29, 0.717) is 64.2 Å². The van der Waals surface area contributed by atoms with Crippen LogP contribution in [0.3, 0.4) is 0 Å². The minimum Gasteiger partial charge on any atom is -0.481 e. The van der Waals surface area contributed by atoms with Crippen LogP contribution in [-0.4, -0.2) is 180 Å². The Morgan fingerprint density at radius 1 is 0.697 bits per heavy atom. The van der Waals surface area contributed by atoms with Crippen molar-refractivity contribution in [2.24, 2.45) is 50.2 Å². The number of hydrogen-bond acceptors (Lipinski definition) is 18. The van der Waals surface area contributed by atoms with Gasteiger partial charge in [-0.3, -0.25) is 9.59 Å². The molecule has 3 aliphatic heterocycles. The van der Waals surface area contributed by atoms with E-state index in [1.165, 1.54) is 5.57 Å². The van der Waals surface area contributed by atoms with Gasteiger partial charge in [-0.1, -0.05) is 46.3 Å². The first-order valence-electron chi connectivity index (χ1n) is 23.9. The highest BCUT2D eigenvalue weighted by Gasteiger charge is 2.71. The Bertz CT molecular complexity index is 1850. The Kier molecular flexibility index (Phi) is 13.6. The molecule has 0 unspecified atom stereocenters. The molecule has 4 saturated carbocycles. The smallest absolute Gasteiger partial charge is 0.315 e. The summed E-state index contributed by atoms with van der Waals surface area (Å²) in [5, 5.41) is 116. The molecular formula is C47H74O19. The van der Waals surface area contributed by atoms with Crippen molar-refractivity contribution >= 4 is 11.9 Å². The van der Waals surface area contributed by atoms with Crippen LogP contribution in [0.4, 0.5) is 0 Å². The zero-order valence-corrected chi connectivity index (χ0v) is 38.8. The summed E-state index contributed by atoms with van der Waals surface area (Å²) < 4.78 is 34.9. The average Bonchev–Trinajstić information content (AvgIpc) is 3.26. The van der Waals surface area contributed by atoms with E-state index in [1.807, 2.05) is 0 Å². The number of allylic oxidation sites excluding steroid dienone is 2. The Hall–Kier alpha value is -1.92. The molecule has 5 aliphatic carbocycles. The predicted octanol–water partition coefficient (Wildman–Crippen LogP) is -0.156. The van der Waals surface area contributed by atoms with Crippen LogP contribution in [0, 0.1) is 50.2 Å². The summed E-state index contributed by atoms with van der Waals surface area (Å²) in [6, 6.07) is 0. The van der Waals surface area contributed by atoms with Gasteiger partial charge in [0.25, 0.3) is 0 Å². The number of carbonyl (C=O) groups excluding carboxylic acids is 1.